The first-order chi connectivity index (χ1) is 14.4. The Morgan fingerprint density at radius 3 is 2.63 bits per heavy atom. The van der Waals surface area contributed by atoms with Crippen LogP contribution in [0.4, 0.5) is 15.9 Å². The number of halogens is 1. The summed E-state index contributed by atoms with van der Waals surface area (Å²) >= 11 is 0. The van der Waals surface area contributed by atoms with Crippen molar-refractivity contribution in [2.24, 2.45) is 0 Å². The molecule has 4 rings (SSSR count). The van der Waals surface area contributed by atoms with Gasteiger partial charge in [-0.05, 0) is 18.6 Å². The van der Waals surface area contributed by atoms with Crippen LogP contribution in [0.5, 0.6) is 0 Å². The molecule has 0 bridgehead atoms. The van der Waals surface area contributed by atoms with Crippen LogP contribution in [0, 0.1) is 5.95 Å². The van der Waals surface area contributed by atoms with Gasteiger partial charge in [0.05, 0.1) is 11.4 Å². The number of piperazine rings is 1. The third kappa shape index (κ3) is 4.18. The highest BCUT2D eigenvalue weighted by Crippen LogP contribution is 2.22. The molecule has 1 saturated heterocycles. The number of imidazole rings is 1. The van der Waals surface area contributed by atoms with Gasteiger partial charge in [-0.1, -0.05) is 6.92 Å². The van der Waals surface area contributed by atoms with Crippen molar-refractivity contribution in [1.29, 1.82) is 0 Å². The maximum absolute atomic E-state index is 14.4. The smallest absolute Gasteiger partial charge is 0.255 e. The SMILES string of the molecule is CCc1cn2cc(CN3CCN(c4ccc(NC(C)=O)nc4F)CC3)nc2[nH]c1=O. The van der Waals surface area contributed by atoms with Gasteiger partial charge in [-0.25, -0.2) is 9.97 Å². The lowest BCUT2D eigenvalue weighted by atomic mass is 10.2. The second-order valence-corrected chi connectivity index (χ2v) is 7.38. The van der Waals surface area contributed by atoms with Gasteiger partial charge in [0.25, 0.3) is 5.56 Å². The molecule has 1 amide bonds. The van der Waals surface area contributed by atoms with E-state index in [4.69, 9.17) is 0 Å². The number of fused-ring (bicyclic) bond motifs is 1. The molecule has 4 heterocycles. The minimum Gasteiger partial charge on any atom is -0.365 e. The number of nitrogens with one attached hydrogen (secondary N) is 2. The molecule has 1 aliphatic heterocycles. The Bertz CT molecular complexity index is 1130. The zero-order valence-electron chi connectivity index (χ0n) is 17.0. The molecule has 0 aliphatic carbocycles. The highest BCUT2D eigenvalue weighted by molar-refractivity contribution is 5.87. The average Bonchev–Trinajstić information content (AvgIpc) is 3.08. The van der Waals surface area contributed by atoms with Crippen LogP contribution in [0.3, 0.4) is 0 Å². The molecular weight excluding hydrogens is 389 g/mol. The van der Waals surface area contributed by atoms with Crippen LogP contribution in [0.2, 0.25) is 0 Å². The fourth-order valence-corrected chi connectivity index (χ4v) is 3.66. The van der Waals surface area contributed by atoms with Crippen molar-refractivity contribution in [1.82, 2.24) is 24.3 Å². The number of pyridine rings is 1. The summed E-state index contributed by atoms with van der Waals surface area (Å²) in [6.07, 6.45) is 4.42. The van der Waals surface area contributed by atoms with Crippen molar-refractivity contribution in [3.8, 4) is 0 Å². The van der Waals surface area contributed by atoms with Gasteiger partial charge < -0.3 is 10.2 Å². The van der Waals surface area contributed by atoms with Crippen molar-refractivity contribution in [3.05, 3.63) is 52.1 Å². The second-order valence-electron chi connectivity index (χ2n) is 7.38. The number of nitrogens with zero attached hydrogens (tertiary/aromatic N) is 5. The summed E-state index contributed by atoms with van der Waals surface area (Å²) in [7, 11) is 0. The van der Waals surface area contributed by atoms with E-state index in [2.05, 4.69) is 25.2 Å². The van der Waals surface area contributed by atoms with Crippen LogP contribution in [0.25, 0.3) is 5.78 Å². The summed E-state index contributed by atoms with van der Waals surface area (Å²) < 4.78 is 16.2. The van der Waals surface area contributed by atoms with E-state index >= 15 is 0 Å². The Kier molecular flexibility index (Phi) is 5.49. The van der Waals surface area contributed by atoms with Crippen molar-refractivity contribution >= 4 is 23.2 Å². The molecule has 0 atom stereocenters. The zero-order valence-corrected chi connectivity index (χ0v) is 17.0. The molecule has 9 nitrogen and oxygen atoms in total. The lowest BCUT2D eigenvalue weighted by Crippen LogP contribution is -2.46. The number of carbonyl (C=O) groups is 1. The third-order valence-electron chi connectivity index (χ3n) is 5.21. The number of aromatic nitrogens is 4. The fraction of sp³-hybridized carbons (Fsp3) is 0.400. The Labute approximate surface area is 172 Å². The summed E-state index contributed by atoms with van der Waals surface area (Å²) in [5.41, 5.74) is 1.93. The van der Waals surface area contributed by atoms with Gasteiger partial charge in [0.2, 0.25) is 17.6 Å². The van der Waals surface area contributed by atoms with Crippen LogP contribution in [-0.4, -0.2) is 56.3 Å². The van der Waals surface area contributed by atoms with Crippen LogP contribution in [0.1, 0.15) is 25.1 Å². The molecule has 0 unspecified atom stereocenters. The third-order valence-corrected chi connectivity index (χ3v) is 5.21. The van der Waals surface area contributed by atoms with E-state index in [-0.39, 0.29) is 17.3 Å². The summed E-state index contributed by atoms with van der Waals surface area (Å²) in [6.45, 7) is 6.76. The van der Waals surface area contributed by atoms with Crippen LogP contribution < -0.4 is 15.8 Å². The number of rotatable bonds is 5. The number of aryl methyl sites for hydroxylation is 1. The molecule has 30 heavy (non-hydrogen) atoms. The molecule has 158 valence electrons. The largest absolute Gasteiger partial charge is 0.365 e. The van der Waals surface area contributed by atoms with E-state index in [1.54, 1.807) is 12.1 Å². The minimum absolute atomic E-state index is 0.101. The Balaban J connectivity index is 1.40. The van der Waals surface area contributed by atoms with Gasteiger partial charge in [0.1, 0.15) is 5.82 Å². The van der Waals surface area contributed by atoms with Crippen molar-refractivity contribution in [2.75, 3.05) is 36.4 Å². The van der Waals surface area contributed by atoms with Gasteiger partial charge in [0, 0.05) is 57.6 Å². The number of hydrogen-bond donors (Lipinski definition) is 2. The molecule has 0 radical (unpaired) electrons. The highest BCUT2D eigenvalue weighted by Gasteiger charge is 2.21. The lowest BCUT2D eigenvalue weighted by molar-refractivity contribution is -0.114. The molecular formula is C20H24FN7O2. The van der Waals surface area contributed by atoms with Crippen molar-refractivity contribution < 1.29 is 9.18 Å². The molecule has 0 spiro atoms. The molecule has 0 aromatic carbocycles. The lowest BCUT2D eigenvalue weighted by Gasteiger charge is -2.35. The Hall–Kier alpha value is -3.27. The van der Waals surface area contributed by atoms with E-state index in [1.807, 2.05) is 28.6 Å². The molecule has 1 fully saturated rings. The molecule has 2 N–H and O–H groups in total. The maximum atomic E-state index is 14.4. The summed E-state index contributed by atoms with van der Waals surface area (Å²) in [5, 5.41) is 2.48. The molecule has 10 heteroatoms. The Morgan fingerprint density at radius 1 is 1.20 bits per heavy atom. The van der Waals surface area contributed by atoms with Crippen molar-refractivity contribution in [3.63, 3.8) is 0 Å². The number of amides is 1. The van der Waals surface area contributed by atoms with E-state index in [0.717, 1.165) is 24.3 Å². The number of aromatic amines is 1. The molecule has 3 aromatic rings. The maximum Gasteiger partial charge on any atom is 0.255 e. The minimum atomic E-state index is -0.592. The predicted octanol–water partition coefficient (Wildman–Crippen LogP) is 1.40. The highest BCUT2D eigenvalue weighted by atomic mass is 19.1. The average molecular weight is 413 g/mol. The van der Waals surface area contributed by atoms with Crippen LogP contribution in [-0.2, 0) is 17.8 Å². The molecule has 1 aliphatic rings. The topological polar surface area (TPSA) is 98.6 Å². The van der Waals surface area contributed by atoms with Gasteiger partial charge in [-0.3, -0.25) is 23.9 Å². The van der Waals surface area contributed by atoms with Gasteiger partial charge in [-0.2, -0.15) is 4.39 Å². The van der Waals surface area contributed by atoms with Gasteiger partial charge >= 0.3 is 0 Å². The molecule has 0 saturated carbocycles. The zero-order chi connectivity index (χ0) is 21.3. The first-order valence-corrected chi connectivity index (χ1v) is 9.94. The summed E-state index contributed by atoms with van der Waals surface area (Å²) in [5.74, 6) is -0.132. The quantitative estimate of drug-likeness (QED) is 0.614. The Morgan fingerprint density at radius 2 is 1.97 bits per heavy atom. The van der Waals surface area contributed by atoms with Crippen LogP contribution >= 0.6 is 0 Å². The van der Waals surface area contributed by atoms with Crippen molar-refractivity contribution in [2.45, 2.75) is 26.8 Å². The summed E-state index contributed by atoms with van der Waals surface area (Å²) in [6, 6.07) is 3.25. The van der Waals surface area contributed by atoms with Gasteiger partial charge in [-0.15, -0.1) is 0 Å². The van der Waals surface area contributed by atoms with E-state index in [9.17, 15) is 14.0 Å². The first-order valence-electron chi connectivity index (χ1n) is 9.94. The van der Waals surface area contributed by atoms with E-state index in [0.29, 0.717) is 37.5 Å². The number of anilines is 2. The summed E-state index contributed by atoms with van der Waals surface area (Å²) in [4.78, 5) is 38.4. The predicted molar refractivity (Wildman–Crippen MR) is 111 cm³/mol. The monoisotopic (exact) mass is 413 g/mol. The number of carbonyl (C=O) groups excluding carboxylic acids is 1. The van der Waals surface area contributed by atoms with E-state index in [1.165, 1.54) is 6.92 Å². The first kappa shape index (κ1) is 20.0. The molecule has 3 aromatic heterocycles. The van der Waals surface area contributed by atoms with Gasteiger partial charge in [0.15, 0.2) is 0 Å². The standard InChI is InChI=1S/C20H24FN7O2/c1-3-14-10-28-12-15(23-20(28)25-19(14)30)11-26-6-8-27(9-7-26)16-4-5-17(22-13(2)29)24-18(16)21/h4-5,10,12H,3,6-9,11H2,1-2H3,(H,22,24,29)(H,23,25,30). The normalized spacial score (nSPS) is 15.0. The van der Waals surface area contributed by atoms with E-state index < -0.39 is 5.95 Å². The fourth-order valence-electron chi connectivity index (χ4n) is 3.66. The number of H-pyrrole nitrogens is 1. The second kappa shape index (κ2) is 8.23. The van der Waals surface area contributed by atoms with Crippen LogP contribution in [0.15, 0.2) is 29.3 Å². The number of hydrogen-bond acceptors (Lipinski definition) is 6.